The zero-order valence-corrected chi connectivity index (χ0v) is 14.0. The van der Waals surface area contributed by atoms with Crippen molar-refractivity contribution in [2.45, 2.75) is 51.7 Å². The van der Waals surface area contributed by atoms with Gasteiger partial charge in [0.2, 0.25) is 11.8 Å². The van der Waals surface area contributed by atoms with Crippen molar-refractivity contribution in [2.24, 2.45) is 5.92 Å². The van der Waals surface area contributed by atoms with Crippen molar-refractivity contribution in [3.05, 3.63) is 11.8 Å². The number of rotatable bonds is 6. The van der Waals surface area contributed by atoms with Crippen molar-refractivity contribution in [2.75, 3.05) is 26.3 Å². The van der Waals surface area contributed by atoms with E-state index in [1.54, 1.807) is 4.90 Å². The molecule has 0 radical (unpaired) electrons. The lowest BCUT2D eigenvalue weighted by Gasteiger charge is -2.32. The number of carbonyl (C=O) groups is 1. The van der Waals surface area contributed by atoms with E-state index in [2.05, 4.69) is 10.2 Å². The van der Waals surface area contributed by atoms with Gasteiger partial charge in [-0.3, -0.25) is 4.79 Å². The van der Waals surface area contributed by atoms with Crippen LogP contribution < -0.4 is 0 Å². The molecule has 1 aliphatic heterocycles. The molecule has 7 nitrogen and oxygen atoms in total. The summed E-state index contributed by atoms with van der Waals surface area (Å²) in [6, 6.07) is 0. The summed E-state index contributed by atoms with van der Waals surface area (Å²) in [6.07, 6.45) is 1.66. The number of ether oxygens (including phenoxy) is 2. The van der Waals surface area contributed by atoms with Gasteiger partial charge in [0.05, 0.1) is 19.8 Å². The Morgan fingerprint density at radius 1 is 1.35 bits per heavy atom. The standard InChI is InChI=1S/C16H25N3O4/c1-10(2)14-17-18-15(23-14)13-8-19(6-7-21-13)16(20)11(3)22-9-12-4-5-12/h10-13H,4-9H2,1-3H3/t11-,13-/m0/s1. The summed E-state index contributed by atoms with van der Waals surface area (Å²) in [4.78, 5) is 14.3. The van der Waals surface area contributed by atoms with Crippen LogP contribution in [-0.2, 0) is 14.3 Å². The molecule has 2 heterocycles. The van der Waals surface area contributed by atoms with Gasteiger partial charge >= 0.3 is 0 Å². The third kappa shape index (κ3) is 4.09. The summed E-state index contributed by atoms with van der Waals surface area (Å²) in [5, 5.41) is 8.08. The first kappa shape index (κ1) is 16.4. The molecule has 2 aliphatic rings. The lowest BCUT2D eigenvalue weighted by atomic mass is 10.2. The van der Waals surface area contributed by atoms with E-state index in [0.29, 0.717) is 44.0 Å². The Labute approximate surface area is 136 Å². The van der Waals surface area contributed by atoms with Crippen LogP contribution in [0.3, 0.4) is 0 Å². The normalized spacial score (nSPS) is 23.3. The average Bonchev–Trinajstić information content (AvgIpc) is 3.25. The van der Waals surface area contributed by atoms with Crippen LogP contribution in [0.5, 0.6) is 0 Å². The molecule has 2 atom stereocenters. The van der Waals surface area contributed by atoms with Crippen molar-refractivity contribution in [3.8, 4) is 0 Å². The van der Waals surface area contributed by atoms with Crippen molar-refractivity contribution >= 4 is 5.91 Å². The maximum absolute atomic E-state index is 12.5. The number of amides is 1. The molecule has 3 rings (SSSR count). The SMILES string of the molecule is CC(C)c1nnc([C@@H]2CN(C(=O)[C@H](C)OCC3CC3)CCO2)o1. The van der Waals surface area contributed by atoms with Crippen molar-refractivity contribution < 1.29 is 18.7 Å². The van der Waals surface area contributed by atoms with E-state index >= 15 is 0 Å². The highest BCUT2D eigenvalue weighted by Gasteiger charge is 2.32. The number of nitrogens with zero attached hydrogens (tertiary/aromatic N) is 3. The number of hydrogen-bond donors (Lipinski definition) is 0. The second-order valence-corrected chi connectivity index (χ2v) is 6.70. The van der Waals surface area contributed by atoms with Gasteiger partial charge in [0.1, 0.15) is 6.10 Å². The van der Waals surface area contributed by atoms with Crippen molar-refractivity contribution in [3.63, 3.8) is 0 Å². The van der Waals surface area contributed by atoms with E-state index in [4.69, 9.17) is 13.9 Å². The molecule has 7 heteroatoms. The van der Waals surface area contributed by atoms with E-state index in [9.17, 15) is 4.79 Å². The maximum Gasteiger partial charge on any atom is 0.251 e. The van der Waals surface area contributed by atoms with Crippen LogP contribution in [0.1, 0.15) is 57.4 Å². The fourth-order valence-electron chi connectivity index (χ4n) is 2.50. The summed E-state index contributed by atoms with van der Waals surface area (Å²) in [5.41, 5.74) is 0. The monoisotopic (exact) mass is 323 g/mol. The fourth-order valence-corrected chi connectivity index (χ4v) is 2.50. The molecule has 0 unspecified atom stereocenters. The number of aromatic nitrogens is 2. The van der Waals surface area contributed by atoms with Crippen LogP contribution in [-0.4, -0.2) is 53.4 Å². The third-order valence-corrected chi connectivity index (χ3v) is 4.23. The molecular formula is C16H25N3O4. The van der Waals surface area contributed by atoms with Gasteiger partial charge in [-0.15, -0.1) is 10.2 Å². The number of hydrogen-bond acceptors (Lipinski definition) is 6. The number of carbonyl (C=O) groups excluding carboxylic acids is 1. The summed E-state index contributed by atoms with van der Waals surface area (Å²) >= 11 is 0. The van der Waals surface area contributed by atoms with Crippen LogP contribution in [0.4, 0.5) is 0 Å². The highest BCUT2D eigenvalue weighted by Crippen LogP contribution is 2.29. The van der Waals surface area contributed by atoms with E-state index in [-0.39, 0.29) is 17.9 Å². The van der Waals surface area contributed by atoms with Crippen molar-refractivity contribution in [1.82, 2.24) is 15.1 Å². The Hall–Kier alpha value is -1.47. The Balaban J connectivity index is 1.56. The fraction of sp³-hybridized carbons (Fsp3) is 0.812. The number of morpholine rings is 1. The van der Waals surface area contributed by atoms with E-state index in [0.717, 1.165) is 0 Å². The molecule has 23 heavy (non-hydrogen) atoms. The van der Waals surface area contributed by atoms with Gasteiger partial charge in [-0.05, 0) is 25.7 Å². The van der Waals surface area contributed by atoms with Crippen LogP contribution in [0.2, 0.25) is 0 Å². The zero-order chi connectivity index (χ0) is 16.4. The van der Waals surface area contributed by atoms with E-state index < -0.39 is 6.10 Å². The highest BCUT2D eigenvalue weighted by atomic mass is 16.5. The Kier molecular flexibility index (Phi) is 4.96. The van der Waals surface area contributed by atoms with Gasteiger partial charge in [-0.2, -0.15) is 0 Å². The van der Waals surface area contributed by atoms with Crippen LogP contribution in [0.15, 0.2) is 4.42 Å². The zero-order valence-electron chi connectivity index (χ0n) is 14.0. The molecule has 1 aromatic heterocycles. The molecule has 1 aliphatic carbocycles. The molecule has 0 aromatic carbocycles. The van der Waals surface area contributed by atoms with Gasteiger partial charge in [-0.1, -0.05) is 13.8 Å². The van der Waals surface area contributed by atoms with E-state index in [1.165, 1.54) is 12.8 Å². The Bertz CT molecular complexity index is 541. The largest absolute Gasteiger partial charge is 0.422 e. The first-order chi connectivity index (χ1) is 11.0. The second kappa shape index (κ2) is 6.97. The molecule has 1 amide bonds. The predicted molar refractivity (Wildman–Crippen MR) is 81.8 cm³/mol. The Morgan fingerprint density at radius 2 is 2.13 bits per heavy atom. The van der Waals surface area contributed by atoms with Gasteiger partial charge < -0.3 is 18.8 Å². The maximum atomic E-state index is 12.5. The molecule has 1 aromatic rings. The molecule has 0 spiro atoms. The minimum atomic E-state index is -0.414. The molecule has 0 N–H and O–H groups in total. The lowest BCUT2D eigenvalue weighted by molar-refractivity contribution is -0.151. The highest BCUT2D eigenvalue weighted by molar-refractivity contribution is 5.80. The topological polar surface area (TPSA) is 77.7 Å². The lowest BCUT2D eigenvalue weighted by Crippen LogP contribution is -2.46. The van der Waals surface area contributed by atoms with Gasteiger partial charge in [0.25, 0.3) is 5.91 Å². The molecular weight excluding hydrogens is 298 g/mol. The van der Waals surface area contributed by atoms with E-state index in [1.807, 2.05) is 20.8 Å². The van der Waals surface area contributed by atoms with Crippen LogP contribution in [0, 0.1) is 5.92 Å². The molecule has 0 bridgehead atoms. The molecule has 2 fully saturated rings. The molecule has 1 saturated carbocycles. The third-order valence-electron chi connectivity index (χ3n) is 4.23. The minimum Gasteiger partial charge on any atom is -0.422 e. The van der Waals surface area contributed by atoms with Crippen LogP contribution >= 0.6 is 0 Å². The molecule has 128 valence electrons. The average molecular weight is 323 g/mol. The predicted octanol–water partition coefficient (Wildman–Crippen LogP) is 1.91. The van der Waals surface area contributed by atoms with Gasteiger partial charge in [0.15, 0.2) is 6.10 Å². The first-order valence-electron chi connectivity index (χ1n) is 8.40. The smallest absolute Gasteiger partial charge is 0.251 e. The quantitative estimate of drug-likeness (QED) is 0.796. The first-order valence-corrected chi connectivity index (χ1v) is 8.40. The minimum absolute atomic E-state index is 0.00236. The molecule has 1 saturated heterocycles. The summed E-state index contributed by atoms with van der Waals surface area (Å²) in [6.45, 7) is 7.95. The van der Waals surface area contributed by atoms with Crippen LogP contribution in [0.25, 0.3) is 0 Å². The summed E-state index contributed by atoms with van der Waals surface area (Å²) < 4.78 is 17.0. The van der Waals surface area contributed by atoms with Gasteiger partial charge in [0, 0.05) is 12.5 Å². The summed E-state index contributed by atoms with van der Waals surface area (Å²) in [7, 11) is 0. The second-order valence-electron chi connectivity index (χ2n) is 6.70. The van der Waals surface area contributed by atoms with Crippen molar-refractivity contribution in [1.29, 1.82) is 0 Å². The Morgan fingerprint density at radius 3 is 2.78 bits per heavy atom. The summed E-state index contributed by atoms with van der Waals surface area (Å²) in [5.74, 6) is 1.86. The van der Waals surface area contributed by atoms with Gasteiger partial charge in [-0.25, -0.2) is 0 Å².